The van der Waals surface area contributed by atoms with Gasteiger partial charge in [0.05, 0.1) is 14.2 Å². The second-order valence-electron chi connectivity index (χ2n) is 9.64. The zero-order valence-electron chi connectivity index (χ0n) is 17.9. The summed E-state index contributed by atoms with van der Waals surface area (Å²) in [7, 11) is 3.16. The molecule has 7 nitrogen and oxygen atoms in total. The lowest BCUT2D eigenvalue weighted by Crippen LogP contribution is -2.61. The maximum Gasteiger partial charge on any atom is 0.325 e. The van der Waals surface area contributed by atoms with Crippen LogP contribution in [0.2, 0.25) is 0 Å². The van der Waals surface area contributed by atoms with Crippen molar-refractivity contribution in [2.75, 3.05) is 38.8 Å². The molecule has 5 fully saturated rings. The zero-order chi connectivity index (χ0) is 20.9. The Hall–Kier alpha value is -2.44. The minimum absolute atomic E-state index is 0.0144. The third-order valence-corrected chi connectivity index (χ3v) is 7.55. The van der Waals surface area contributed by atoms with Gasteiger partial charge in [-0.25, -0.2) is 4.79 Å². The molecular weight excluding hydrogens is 382 g/mol. The summed E-state index contributed by atoms with van der Waals surface area (Å²) >= 11 is 0. The molecule has 5 aliphatic rings. The van der Waals surface area contributed by atoms with E-state index in [-0.39, 0.29) is 24.0 Å². The van der Waals surface area contributed by atoms with Crippen molar-refractivity contribution in [3.63, 3.8) is 0 Å². The zero-order valence-corrected chi connectivity index (χ0v) is 17.9. The van der Waals surface area contributed by atoms with Gasteiger partial charge in [0.25, 0.3) is 0 Å². The fourth-order valence-corrected chi connectivity index (χ4v) is 6.73. The number of carbonyl (C=O) groups is 2. The first-order valence-corrected chi connectivity index (χ1v) is 11.1. The molecule has 1 aromatic carbocycles. The molecule has 0 radical (unpaired) electrons. The van der Waals surface area contributed by atoms with Gasteiger partial charge in [-0.05, 0) is 68.4 Å². The number of rotatable bonds is 6. The van der Waals surface area contributed by atoms with Crippen LogP contribution in [-0.2, 0) is 4.79 Å². The fraction of sp³-hybridized carbons (Fsp3) is 0.652. The first-order chi connectivity index (χ1) is 14.5. The SMILES string of the molecule is COc1ccc(N2CCN(CC(=O)NC34CC5CC(CC(C5)C3)C4)C2=O)cc1OC. The molecule has 30 heavy (non-hydrogen) atoms. The van der Waals surface area contributed by atoms with Crippen LogP contribution in [-0.4, -0.2) is 56.2 Å². The van der Waals surface area contributed by atoms with E-state index < -0.39 is 0 Å². The molecule has 4 aliphatic carbocycles. The maximum absolute atomic E-state index is 13.0. The molecule has 1 N–H and O–H groups in total. The standard InChI is InChI=1S/C23H31N3O4/c1-29-19-4-3-18(10-20(19)30-2)26-6-5-25(22(26)28)14-21(27)24-23-11-15-7-16(12-23)9-17(8-15)13-23/h3-4,10,15-17H,5-9,11-14H2,1-2H3,(H,24,27). The molecule has 1 saturated heterocycles. The smallest absolute Gasteiger partial charge is 0.325 e. The quantitative estimate of drug-likeness (QED) is 0.778. The Kier molecular flexibility index (Phi) is 4.79. The largest absolute Gasteiger partial charge is 0.493 e. The Morgan fingerprint density at radius 1 is 1.03 bits per heavy atom. The molecule has 1 heterocycles. The molecule has 6 rings (SSSR count). The van der Waals surface area contributed by atoms with E-state index >= 15 is 0 Å². The number of nitrogens with zero attached hydrogens (tertiary/aromatic N) is 2. The Balaban J connectivity index is 1.22. The Labute approximate surface area is 177 Å². The molecule has 4 bridgehead atoms. The van der Waals surface area contributed by atoms with Crippen LogP contribution in [0.4, 0.5) is 10.5 Å². The van der Waals surface area contributed by atoms with Crippen molar-refractivity contribution < 1.29 is 19.1 Å². The van der Waals surface area contributed by atoms with E-state index in [0.717, 1.165) is 42.7 Å². The van der Waals surface area contributed by atoms with E-state index in [1.54, 1.807) is 36.2 Å². The normalized spacial score (nSPS) is 31.9. The van der Waals surface area contributed by atoms with Crippen LogP contribution >= 0.6 is 0 Å². The highest BCUT2D eigenvalue weighted by molar-refractivity contribution is 5.96. The van der Waals surface area contributed by atoms with E-state index in [9.17, 15) is 9.59 Å². The van der Waals surface area contributed by atoms with E-state index in [1.807, 2.05) is 6.07 Å². The van der Waals surface area contributed by atoms with Crippen LogP contribution in [0.5, 0.6) is 11.5 Å². The van der Waals surface area contributed by atoms with Gasteiger partial charge in [-0.2, -0.15) is 0 Å². The number of carbonyl (C=O) groups excluding carboxylic acids is 2. The van der Waals surface area contributed by atoms with Gasteiger partial charge in [0.2, 0.25) is 5.91 Å². The Bertz CT molecular complexity index is 820. The second-order valence-corrected chi connectivity index (χ2v) is 9.64. The minimum atomic E-state index is -0.136. The molecule has 4 saturated carbocycles. The van der Waals surface area contributed by atoms with E-state index in [1.165, 1.54) is 19.3 Å². The van der Waals surface area contributed by atoms with Gasteiger partial charge < -0.3 is 19.7 Å². The monoisotopic (exact) mass is 413 g/mol. The van der Waals surface area contributed by atoms with Crippen molar-refractivity contribution in [1.82, 2.24) is 10.2 Å². The molecule has 0 unspecified atom stereocenters. The lowest BCUT2D eigenvalue weighted by Gasteiger charge is -2.57. The predicted octanol–water partition coefficient (Wildman–Crippen LogP) is 3.03. The van der Waals surface area contributed by atoms with E-state index in [2.05, 4.69) is 5.32 Å². The highest BCUT2D eigenvalue weighted by atomic mass is 16.5. The van der Waals surface area contributed by atoms with Crippen molar-refractivity contribution >= 4 is 17.6 Å². The molecule has 0 spiro atoms. The van der Waals surface area contributed by atoms with Gasteiger partial charge in [0.1, 0.15) is 6.54 Å². The summed E-state index contributed by atoms with van der Waals surface area (Å²) in [6.45, 7) is 1.23. The number of ether oxygens (including phenoxy) is 2. The molecular formula is C23H31N3O4. The van der Waals surface area contributed by atoms with Crippen LogP contribution in [0, 0.1) is 17.8 Å². The summed E-state index contributed by atoms with van der Waals surface area (Å²) in [5.41, 5.74) is 0.735. The van der Waals surface area contributed by atoms with Gasteiger partial charge in [0, 0.05) is 30.4 Å². The molecule has 0 aromatic heterocycles. The van der Waals surface area contributed by atoms with Crippen LogP contribution in [0.3, 0.4) is 0 Å². The summed E-state index contributed by atoms with van der Waals surface area (Å²) < 4.78 is 10.6. The number of methoxy groups -OCH3 is 2. The summed E-state index contributed by atoms with van der Waals surface area (Å²) in [6.07, 6.45) is 7.41. The summed E-state index contributed by atoms with van der Waals surface area (Å²) in [4.78, 5) is 29.2. The summed E-state index contributed by atoms with van der Waals surface area (Å²) in [6, 6.07) is 5.31. The highest BCUT2D eigenvalue weighted by Gasteiger charge is 2.51. The number of amides is 3. The van der Waals surface area contributed by atoms with Gasteiger partial charge in [-0.15, -0.1) is 0 Å². The Morgan fingerprint density at radius 2 is 1.67 bits per heavy atom. The molecule has 1 aromatic rings. The van der Waals surface area contributed by atoms with Crippen LogP contribution in [0.25, 0.3) is 0 Å². The fourth-order valence-electron chi connectivity index (χ4n) is 6.73. The summed E-state index contributed by atoms with van der Waals surface area (Å²) in [5.74, 6) is 3.54. The molecule has 1 aliphatic heterocycles. The lowest BCUT2D eigenvalue weighted by molar-refractivity contribution is -0.127. The van der Waals surface area contributed by atoms with Crippen molar-refractivity contribution in [3.8, 4) is 11.5 Å². The minimum Gasteiger partial charge on any atom is -0.493 e. The average Bonchev–Trinajstić information content (AvgIpc) is 3.06. The van der Waals surface area contributed by atoms with Gasteiger partial charge in [-0.1, -0.05) is 0 Å². The van der Waals surface area contributed by atoms with Crippen molar-refractivity contribution in [3.05, 3.63) is 18.2 Å². The number of urea groups is 1. The first kappa shape index (κ1) is 19.5. The van der Waals surface area contributed by atoms with Gasteiger partial charge >= 0.3 is 6.03 Å². The predicted molar refractivity (Wildman–Crippen MR) is 113 cm³/mol. The molecule has 0 atom stereocenters. The topological polar surface area (TPSA) is 71.1 Å². The average molecular weight is 414 g/mol. The van der Waals surface area contributed by atoms with Crippen LogP contribution in [0.15, 0.2) is 18.2 Å². The number of benzene rings is 1. The number of hydrogen-bond donors (Lipinski definition) is 1. The van der Waals surface area contributed by atoms with Crippen molar-refractivity contribution in [1.29, 1.82) is 0 Å². The van der Waals surface area contributed by atoms with E-state index in [0.29, 0.717) is 24.6 Å². The van der Waals surface area contributed by atoms with E-state index in [4.69, 9.17) is 9.47 Å². The maximum atomic E-state index is 13.0. The Morgan fingerprint density at radius 3 is 2.27 bits per heavy atom. The second kappa shape index (κ2) is 7.36. The van der Waals surface area contributed by atoms with Gasteiger partial charge in [0.15, 0.2) is 11.5 Å². The molecule has 7 heteroatoms. The first-order valence-electron chi connectivity index (χ1n) is 11.1. The molecule has 3 amide bonds. The van der Waals surface area contributed by atoms with Crippen LogP contribution < -0.4 is 19.7 Å². The molecule has 162 valence electrons. The highest BCUT2D eigenvalue weighted by Crippen LogP contribution is 2.55. The van der Waals surface area contributed by atoms with Crippen LogP contribution in [0.1, 0.15) is 38.5 Å². The number of hydrogen-bond acceptors (Lipinski definition) is 4. The summed E-state index contributed by atoms with van der Waals surface area (Å²) in [5, 5.41) is 3.37. The van der Waals surface area contributed by atoms with Crippen molar-refractivity contribution in [2.45, 2.75) is 44.1 Å². The lowest BCUT2D eigenvalue weighted by atomic mass is 9.53. The third-order valence-electron chi connectivity index (χ3n) is 7.55. The van der Waals surface area contributed by atoms with Crippen molar-refractivity contribution in [2.24, 2.45) is 17.8 Å². The third kappa shape index (κ3) is 3.38. The van der Waals surface area contributed by atoms with Gasteiger partial charge in [-0.3, -0.25) is 9.69 Å². The number of anilines is 1. The number of nitrogens with one attached hydrogen (secondary N) is 1.